The number of halogens is 2. The van der Waals surface area contributed by atoms with E-state index in [9.17, 15) is 18.8 Å². The van der Waals surface area contributed by atoms with Gasteiger partial charge in [0.05, 0.1) is 11.3 Å². The zero-order valence-electron chi connectivity index (χ0n) is 18.0. The summed E-state index contributed by atoms with van der Waals surface area (Å²) >= 11 is 0. The third kappa shape index (κ3) is 6.37. The second kappa shape index (κ2) is 11.2. The Morgan fingerprint density at radius 1 is 1.39 bits per heavy atom. The average Bonchev–Trinajstić information content (AvgIpc) is 2.75. The Hall–Kier alpha value is -3.24. The fourth-order valence-corrected chi connectivity index (χ4v) is 3.46. The molecule has 1 unspecified atom stereocenters. The van der Waals surface area contributed by atoms with Crippen LogP contribution in [0.3, 0.4) is 0 Å². The van der Waals surface area contributed by atoms with E-state index in [-0.39, 0.29) is 18.5 Å². The number of likely N-dealkylation sites (tertiary alicyclic amines) is 1. The van der Waals surface area contributed by atoms with Crippen LogP contribution in [0.15, 0.2) is 66.0 Å². The number of carbonyl (C=O) groups is 1. The molecule has 2 N–H and O–H groups in total. The summed E-state index contributed by atoms with van der Waals surface area (Å²) in [6, 6.07) is 5.83. The van der Waals surface area contributed by atoms with Gasteiger partial charge in [-0.3, -0.25) is 4.79 Å². The Labute approximate surface area is 182 Å². The van der Waals surface area contributed by atoms with Crippen LogP contribution in [0.25, 0.3) is 0 Å². The molecule has 0 spiro atoms. The van der Waals surface area contributed by atoms with E-state index in [2.05, 4.69) is 29.9 Å². The molecule has 1 aromatic rings. The Kier molecular flexibility index (Phi) is 8.71. The van der Waals surface area contributed by atoms with Crippen LogP contribution in [0.4, 0.5) is 8.78 Å². The predicted octanol–water partition coefficient (Wildman–Crippen LogP) is 4.08. The minimum absolute atomic E-state index is 0.0614. The highest BCUT2D eigenvalue weighted by Gasteiger charge is 2.23. The van der Waals surface area contributed by atoms with Crippen molar-refractivity contribution in [3.8, 4) is 6.07 Å². The van der Waals surface area contributed by atoms with Gasteiger partial charge in [-0.2, -0.15) is 5.26 Å². The first kappa shape index (κ1) is 24.0. The lowest BCUT2D eigenvalue weighted by atomic mass is 9.96. The lowest BCUT2D eigenvalue weighted by Gasteiger charge is -2.33. The molecule has 1 atom stereocenters. The molecule has 1 aliphatic heterocycles. The van der Waals surface area contributed by atoms with Crippen LogP contribution in [0.1, 0.15) is 31.7 Å². The average molecular weight is 427 g/mol. The number of nitriles is 1. The minimum Gasteiger partial charge on any atom is -0.348 e. The third-order valence-electron chi connectivity index (χ3n) is 5.20. The molecule has 1 amide bonds. The summed E-state index contributed by atoms with van der Waals surface area (Å²) in [6.45, 7) is 10.2. The monoisotopic (exact) mass is 426 g/mol. The van der Waals surface area contributed by atoms with E-state index in [4.69, 9.17) is 0 Å². The van der Waals surface area contributed by atoms with Crippen LogP contribution in [-0.4, -0.2) is 30.4 Å². The predicted molar refractivity (Wildman–Crippen MR) is 117 cm³/mol. The summed E-state index contributed by atoms with van der Waals surface area (Å²) < 4.78 is 26.5. The first-order chi connectivity index (χ1) is 14.8. The quantitative estimate of drug-likeness (QED) is 0.531. The fourth-order valence-electron chi connectivity index (χ4n) is 3.46. The van der Waals surface area contributed by atoms with Crippen molar-refractivity contribution in [3.05, 3.63) is 83.2 Å². The second-order valence-electron chi connectivity index (χ2n) is 7.46. The van der Waals surface area contributed by atoms with E-state index in [1.807, 2.05) is 11.9 Å². The molecular weight excluding hydrogens is 398 g/mol. The highest BCUT2D eigenvalue weighted by atomic mass is 19.2. The Morgan fingerprint density at radius 2 is 2.13 bits per heavy atom. The van der Waals surface area contributed by atoms with Crippen molar-refractivity contribution in [2.45, 2.75) is 38.8 Å². The molecule has 1 saturated heterocycles. The van der Waals surface area contributed by atoms with E-state index in [1.165, 1.54) is 12.1 Å². The number of likely N-dealkylation sites (N-methyl/N-ethyl adjacent to an activating group) is 1. The molecule has 0 aliphatic carbocycles. The second-order valence-corrected chi connectivity index (χ2v) is 7.46. The highest BCUT2D eigenvalue weighted by Crippen LogP contribution is 2.28. The van der Waals surface area contributed by atoms with Gasteiger partial charge in [0.25, 0.3) is 0 Å². The molecule has 1 fully saturated rings. The molecule has 7 heteroatoms. The molecule has 0 radical (unpaired) electrons. The van der Waals surface area contributed by atoms with Crippen LogP contribution in [-0.2, 0) is 11.3 Å². The van der Waals surface area contributed by atoms with E-state index < -0.39 is 11.6 Å². The van der Waals surface area contributed by atoms with Gasteiger partial charge in [-0.25, -0.2) is 8.78 Å². The first-order valence-electron chi connectivity index (χ1n) is 10.1. The van der Waals surface area contributed by atoms with Gasteiger partial charge >= 0.3 is 0 Å². The van der Waals surface area contributed by atoms with Crippen molar-refractivity contribution in [3.63, 3.8) is 0 Å². The maximum absolute atomic E-state index is 13.4. The van der Waals surface area contributed by atoms with Gasteiger partial charge in [-0.15, -0.1) is 0 Å². The minimum atomic E-state index is -0.959. The third-order valence-corrected chi connectivity index (χ3v) is 5.20. The fraction of sp³-hybridized carbons (Fsp3) is 0.333. The maximum Gasteiger partial charge on any atom is 0.248 e. The number of allylic oxidation sites excluding steroid dienone is 3. The molecule has 0 bridgehead atoms. The van der Waals surface area contributed by atoms with Crippen molar-refractivity contribution in [2.75, 3.05) is 13.6 Å². The number of amides is 1. The molecule has 5 nitrogen and oxygen atoms in total. The van der Waals surface area contributed by atoms with Crippen molar-refractivity contribution >= 4 is 5.91 Å². The molecule has 31 heavy (non-hydrogen) atoms. The molecule has 1 heterocycles. The number of carbonyl (C=O) groups excluding carboxylic acids is 1. The Morgan fingerprint density at radius 3 is 2.74 bits per heavy atom. The summed E-state index contributed by atoms with van der Waals surface area (Å²) in [7, 11) is 1.88. The van der Waals surface area contributed by atoms with Crippen LogP contribution >= 0.6 is 0 Å². The van der Waals surface area contributed by atoms with Gasteiger partial charge in [0.15, 0.2) is 11.6 Å². The topological polar surface area (TPSA) is 68.2 Å². The zero-order valence-corrected chi connectivity index (χ0v) is 18.0. The number of hydrogen-bond acceptors (Lipinski definition) is 4. The summed E-state index contributed by atoms with van der Waals surface area (Å²) in [5.41, 5.74) is 2.73. The summed E-state index contributed by atoms with van der Waals surface area (Å²) in [4.78, 5) is 14.5. The summed E-state index contributed by atoms with van der Waals surface area (Å²) in [6.07, 6.45) is 5.80. The van der Waals surface area contributed by atoms with Crippen molar-refractivity contribution in [2.24, 2.45) is 0 Å². The number of nitrogens with one attached hydrogen (secondary N) is 2. The molecule has 1 aromatic carbocycles. The van der Waals surface area contributed by atoms with Gasteiger partial charge in [0, 0.05) is 30.9 Å². The Balaban J connectivity index is 2.28. The number of nitrogens with zero attached hydrogens (tertiary/aromatic N) is 2. The molecule has 0 aromatic heterocycles. The summed E-state index contributed by atoms with van der Waals surface area (Å²) in [5, 5.41) is 15.6. The van der Waals surface area contributed by atoms with Crippen LogP contribution in [0.2, 0.25) is 0 Å². The van der Waals surface area contributed by atoms with Gasteiger partial charge in [0.2, 0.25) is 5.91 Å². The maximum atomic E-state index is 13.4. The molecule has 2 rings (SSSR count). The van der Waals surface area contributed by atoms with Crippen molar-refractivity contribution < 1.29 is 13.6 Å². The highest BCUT2D eigenvalue weighted by molar-refractivity contribution is 5.92. The van der Waals surface area contributed by atoms with E-state index in [0.29, 0.717) is 29.0 Å². The van der Waals surface area contributed by atoms with E-state index >= 15 is 0 Å². The van der Waals surface area contributed by atoms with Gasteiger partial charge in [-0.1, -0.05) is 19.2 Å². The van der Waals surface area contributed by atoms with Crippen LogP contribution < -0.4 is 10.6 Å². The molecule has 0 saturated carbocycles. The molecular formula is C24H28F2N4O. The van der Waals surface area contributed by atoms with Crippen molar-refractivity contribution in [1.82, 2.24) is 15.5 Å². The number of benzene rings is 1. The Bertz CT molecular complexity index is 959. The SMILES string of the molecule is C=C/C(C#N)=C1/C(=C)CCCC(NC)CN1/C=C(\C)C(=O)NCc1ccc(F)c(F)c1. The van der Waals surface area contributed by atoms with E-state index in [1.54, 1.807) is 13.1 Å². The van der Waals surface area contributed by atoms with Crippen LogP contribution in [0, 0.1) is 23.0 Å². The summed E-state index contributed by atoms with van der Waals surface area (Å²) in [5.74, 6) is -2.24. The largest absolute Gasteiger partial charge is 0.348 e. The molecule has 164 valence electrons. The standard InChI is InChI=1S/C24H28F2N4O/c1-5-19(12-27)23-16(2)7-6-8-20(28-4)15-30(23)14-17(3)24(31)29-13-18-9-10-21(25)22(26)11-18/h5,9-11,14,20,28H,1-2,6-8,13,15H2,3-4H3,(H,29,31)/b17-14+,23-19+. The lowest BCUT2D eigenvalue weighted by molar-refractivity contribution is -0.117. The normalized spacial score (nSPS) is 19.2. The van der Waals surface area contributed by atoms with Gasteiger partial charge in [0.1, 0.15) is 6.07 Å². The number of rotatable bonds is 6. The lowest BCUT2D eigenvalue weighted by Crippen LogP contribution is -2.39. The van der Waals surface area contributed by atoms with Crippen LogP contribution in [0.5, 0.6) is 0 Å². The smallest absolute Gasteiger partial charge is 0.248 e. The van der Waals surface area contributed by atoms with Gasteiger partial charge in [-0.05, 0) is 62.6 Å². The first-order valence-corrected chi connectivity index (χ1v) is 10.1. The van der Waals surface area contributed by atoms with Crippen molar-refractivity contribution in [1.29, 1.82) is 5.26 Å². The molecule has 1 aliphatic rings. The number of hydrogen-bond donors (Lipinski definition) is 2. The van der Waals surface area contributed by atoms with E-state index in [0.717, 1.165) is 37.0 Å². The van der Waals surface area contributed by atoms with Gasteiger partial charge < -0.3 is 15.5 Å². The zero-order chi connectivity index (χ0) is 23.0.